The second-order valence-corrected chi connectivity index (χ2v) is 4.95. The van der Waals surface area contributed by atoms with Crippen LogP contribution < -0.4 is 0 Å². The van der Waals surface area contributed by atoms with Crippen LogP contribution in [0, 0.1) is 0 Å². The summed E-state index contributed by atoms with van der Waals surface area (Å²) in [4.78, 5) is 0. The summed E-state index contributed by atoms with van der Waals surface area (Å²) in [6.45, 7) is -34.6. The van der Waals surface area contributed by atoms with Crippen molar-refractivity contribution < 1.29 is 54.1 Å². The number of hydrogen-bond acceptors (Lipinski definition) is 2. The first-order valence-electron chi connectivity index (χ1n) is 22.7. The summed E-state index contributed by atoms with van der Waals surface area (Å²) < 4.78 is 262. The van der Waals surface area contributed by atoms with Crippen molar-refractivity contribution in [2.24, 2.45) is 0 Å². The van der Waals surface area contributed by atoms with Crippen LogP contribution in [0.15, 0.2) is 24.2 Å². The Balaban J connectivity index is 4.05. The zero-order chi connectivity index (χ0) is 46.9. The van der Waals surface area contributed by atoms with Crippen molar-refractivity contribution in [3.63, 3.8) is 0 Å². The summed E-state index contributed by atoms with van der Waals surface area (Å²) in [6.07, 6.45) is 0. The van der Waals surface area contributed by atoms with Gasteiger partial charge in [0.15, 0.2) is 0 Å². The van der Waals surface area contributed by atoms with Crippen LogP contribution in [0.3, 0.4) is 0 Å². The lowest BCUT2D eigenvalue weighted by atomic mass is 9.86. The monoisotopic (exact) mass is 386 g/mol. The molecule has 0 bridgehead atoms. The van der Waals surface area contributed by atoms with Crippen LogP contribution in [0.1, 0.15) is 145 Å². The van der Waals surface area contributed by atoms with Crippen LogP contribution in [-0.2, 0) is 0 Å². The number of aromatic hydroxyl groups is 2. The molecule has 2 aromatic carbocycles. The van der Waals surface area contributed by atoms with Crippen molar-refractivity contribution in [2.45, 2.75) is 78.4 Å². The average Bonchev–Trinajstić information content (AvgIpc) is 2.93. The first kappa shape index (κ1) is 3.92. The first-order valence-corrected chi connectivity index (χ1v) is 6.70. The first-order chi connectivity index (χ1) is 25.0. The maximum Gasteiger partial charge on any atom is 0.122 e. The molecule has 2 heteroatoms. The van der Waals surface area contributed by atoms with Crippen molar-refractivity contribution in [3.05, 3.63) is 46.4 Å². The fourth-order valence-corrected chi connectivity index (χ4v) is 2.02. The highest BCUT2D eigenvalue weighted by Gasteiger charge is 2.19. The van der Waals surface area contributed by atoms with Crippen molar-refractivity contribution in [2.75, 3.05) is 0 Å². The van der Waals surface area contributed by atoms with Gasteiger partial charge in [-0.25, -0.2) is 0 Å². The van der Waals surface area contributed by atoms with Gasteiger partial charge in [0.2, 0.25) is 0 Å². The maximum absolute atomic E-state index is 11.6. The van der Waals surface area contributed by atoms with E-state index < -0.39 is 147 Å². The third-order valence-corrected chi connectivity index (χ3v) is 3.20. The molecular formula is C24H34O2. The van der Waals surface area contributed by atoms with E-state index in [1.165, 1.54) is 0 Å². The highest BCUT2D eigenvalue weighted by atomic mass is 16.3. The quantitative estimate of drug-likeness (QED) is 0.567. The predicted molar refractivity (Wildman–Crippen MR) is 112 cm³/mol. The number of rotatable bonds is 5. The Morgan fingerprint density at radius 2 is 0.846 bits per heavy atom. The Hall–Kier alpha value is -1.96. The molecule has 2 aromatic rings. The molecule has 0 saturated heterocycles. The van der Waals surface area contributed by atoms with E-state index in [9.17, 15) is 10.2 Å². The van der Waals surface area contributed by atoms with Gasteiger partial charge in [-0.2, -0.15) is 0 Å². The van der Waals surface area contributed by atoms with Crippen LogP contribution in [0.4, 0.5) is 0 Å². The molecule has 0 radical (unpaired) electrons. The van der Waals surface area contributed by atoms with Gasteiger partial charge in [-0.3, -0.25) is 0 Å². The van der Waals surface area contributed by atoms with Crippen molar-refractivity contribution in [3.8, 4) is 22.6 Å². The zero-order valence-corrected chi connectivity index (χ0v) is 12.9. The van der Waals surface area contributed by atoms with Crippen molar-refractivity contribution in [1.82, 2.24) is 0 Å². The van der Waals surface area contributed by atoms with Gasteiger partial charge in [0.25, 0.3) is 0 Å². The molecule has 0 aliphatic heterocycles. The molecule has 0 amide bonds. The topological polar surface area (TPSA) is 40.5 Å². The second kappa shape index (κ2) is 7.73. The normalized spacial score (nSPS) is 35.5. The average molecular weight is 387 g/mol. The molecule has 2 rings (SSSR count). The molecule has 0 unspecified atom stereocenters. The molecule has 0 fully saturated rings. The summed E-state index contributed by atoms with van der Waals surface area (Å²) >= 11 is 0. The molecule has 0 aliphatic carbocycles. The van der Waals surface area contributed by atoms with Gasteiger partial charge in [-0.1, -0.05) is 54.8 Å². The van der Waals surface area contributed by atoms with Gasteiger partial charge in [0.1, 0.15) is 11.5 Å². The highest BCUT2D eigenvalue weighted by Crippen LogP contribution is 2.41. The van der Waals surface area contributed by atoms with E-state index in [1.54, 1.807) is 0 Å². The highest BCUT2D eigenvalue weighted by molar-refractivity contribution is 5.71. The van der Waals surface area contributed by atoms with Crippen LogP contribution in [0.2, 0.25) is 0 Å². The Morgan fingerprint density at radius 1 is 0.615 bits per heavy atom. The number of phenolic OH excluding ortho intramolecular Hbond substituents is 2. The maximum atomic E-state index is 11.6. The third-order valence-electron chi connectivity index (χ3n) is 3.20. The lowest BCUT2D eigenvalue weighted by molar-refractivity contribution is 0.453. The lowest BCUT2D eigenvalue weighted by Gasteiger charge is -2.21. The second-order valence-electron chi connectivity index (χ2n) is 4.95. The van der Waals surface area contributed by atoms with Gasteiger partial charge in [0, 0.05) is 38.4 Å². The Kier molecular flexibility index (Phi) is 1.17. The van der Waals surface area contributed by atoms with E-state index in [-0.39, 0.29) is 0 Å². The molecule has 26 heavy (non-hydrogen) atoms. The Bertz CT molecular complexity index is 1600. The molecule has 2 nitrogen and oxygen atoms in total. The minimum Gasteiger partial charge on any atom is -0.507 e. The van der Waals surface area contributed by atoms with Gasteiger partial charge in [0.05, 0.1) is 5.48 Å². The summed E-state index contributed by atoms with van der Waals surface area (Å²) in [5, 5.41) is 23.1. The minimum absolute atomic E-state index is 1.97. The predicted octanol–water partition coefficient (Wildman–Crippen LogP) is 7.26. The van der Waals surface area contributed by atoms with Gasteiger partial charge >= 0.3 is 0 Å². The summed E-state index contributed by atoms with van der Waals surface area (Å²) in [5.74, 6) is -22.5. The largest absolute Gasteiger partial charge is 0.507 e. The summed E-state index contributed by atoms with van der Waals surface area (Å²) in [7, 11) is 0. The number of benzene rings is 2. The standard InChI is InChI=1S/C24H34O2/c1-13(2)19-9-17(10-20(14(3)4)23(19)25)18-11-21(15(5)6)24(26)22(12-18)16(7)8/h9-16,25-26H,1-8H3/i1D3,2D3,3D3,4D3,5D3,6D3,7D3,8D3,9D,10D,11D,12D,13D,14D,15D,16D. The number of hydrogen-bond donors (Lipinski definition) is 2. The molecular weight excluding hydrogens is 320 g/mol. The van der Waals surface area contributed by atoms with Crippen molar-refractivity contribution in [1.29, 1.82) is 0 Å². The van der Waals surface area contributed by atoms with Crippen LogP contribution >= 0.6 is 0 Å². The molecule has 0 spiro atoms. The van der Waals surface area contributed by atoms with E-state index >= 15 is 0 Å². The minimum atomic E-state index is -4.47. The van der Waals surface area contributed by atoms with Crippen LogP contribution in [-0.4, -0.2) is 10.2 Å². The summed E-state index contributed by atoms with van der Waals surface area (Å²) in [6, 6.07) is -8.30. The molecule has 0 atom stereocenters. The van der Waals surface area contributed by atoms with E-state index in [1.807, 2.05) is 0 Å². The molecule has 0 aliphatic rings. The Labute approximate surface area is 203 Å². The molecule has 142 valence electrons. The molecule has 0 heterocycles. The van der Waals surface area contributed by atoms with Crippen molar-refractivity contribution >= 4 is 0 Å². The smallest absolute Gasteiger partial charge is 0.122 e. The van der Waals surface area contributed by atoms with E-state index in [2.05, 4.69) is 0 Å². The van der Waals surface area contributed by atoms with Crippen LogP contribution in [0.5, 0.6) is 11.5 Å². The SMILES string of the molecule is [2H]c1c(-c2c([2H])c(C([2H])(C([2H])([2H])[2H])C([2H])([2H])[2H])c(O)c(C([2H])(C([2H])([2H])[2H])C([2H])([2H])[2H])c2[2H])c([2H])c(C([2H])(C([2H])([2H])[2H])C([2H])([2H])[2H])c(O)c1C([2H])(C([2H])([2H])[2H])C([2H])([2H])[2H]. The fourth-order valence-electron chi connectivity index (χ4n) is 2.02. The van der Waals surface area contributed by atoms with Gasteiger partial charge in [-0.05, 0) is 81.1 Å². The molecule has 2 N–H and O–H groups in total. The summed E-state index contributed by atoms with van der Waals surface area (Å²) in [5.41, 5.74) is -12.6. The number of phenols is 2. The van der Waals surface area contributed by atoms with E-state index in [4.69, 9.17) is 43.9 Å². The lowest BCUT2D eigenvalue weighted by Crippen LogP contribution is -2.00. The third kappa shape index (κ3) is 3.90. The van der Waals surface area contributed by atoms with E-state index in [0.29, 0.717) is 0 Å². The molecule has 0 saturated carbocycles. The van der Waals surface area contributed by atoms with Gasteiger partial charge in [-0.15, -0.1) is 0 Å². The van der Waals surface area contributed by atoms with Crippen LogP contribution in [0.25, 0.3) is 11.1 Å². The fraction of sp³-hybridized carbons (Fsp3) is 0.500. The molecule has 0 aromatic heterocycles. The van der Waals surface area contributed by atoms with E-state index in [0.717, 1.165) is 0 Å². The zero-order valence-electron chi connectivity index (χ0n) is 44.9. The van der Waals surface area contributed by atoms with Gasteiger partial charge < -0.3 is 10.2 Å². The Morgan fingerprint density at radius 3 is 1.04 bits per heavy atom.